The monoisotopic (exact) mass is 319 g/mol. The zero-order valence-electron chi connectivity index (χ0n) is 11.9. The number of alkyl halides is 3. The van der Waals surface area contributed by atoms with E-state index in [1.54, 1.807) is 18.2 Å². The van der Waals surface area contributed by atoms with Gasteiger partial charge in [0.25, 0.3) is 0 Å². The van der Waals surface area contributed by atoms with E-state index in [1.165, 1.54) is 12.1 Å². The van der Waals surface area contributed by atoms with Gasteiger partial charge in [0.2, 0.25) is 5.78 Å². The molecule has 0 atom stereocenters. The normalized spacial score (nSPS) is 11.6. The molecule has 23 heavy (non-hydrogen) atoms. The van der Waals surface area contributed by atoms with E-state index in [2.05, 4.69) is 5.32 Å². The number of Topliss-reactive ketones (excluding diaryl/α,β-unsaturated/α-hetero) is 1. The topological polar surface area (TPSA) is 42.2 Å². The van der Waals surface area contributed by atoms with Crippen LogP contribution in [0.25, 0.3) is 11.0 Å². The average Bonchev–Trinajstić information content (AvgIpc) is 2.96. The summed E-state index contributed by atoms with van der Waals surface area (Å²) in [5, 5.41) is 3.49. The highest BCUT2D eigenvalue weighted by Crippen LogP contribution is 2.30. The number of anilines is 1. The maximum Gasteiger partial charge on any atom is 0.416 e. The van der Waals surface area contributed by atoms with Gasteiger partial charge in [0.1, 0.15) is 5.58 Å². The van der Waals surface area contributed by atoms with E-state index in [4.69, 9.17) is 4.42 Å². The minimum atomic E-state index is -4.42. The molecule has 1 heterocycles. The van der Waals surface area contributed by atoms with Crippen LogP contribution in [0.2, 0.25) is 0 Å². The number of hydrogen-bond donors (Lipinski definition) is 1. The first-order chi connectivity index (χ1) is 10.9. The van der Waals surface area contributed by atoms with Crippen LogP contribution < -0.4 is 5.32 Å². The molecule has 0 amide bonds. The molecule has 0 aliphatic rings. The van der Waals surface area contributed by atoms with Crippen molar-refractivity contribution in [2.24, 2.45) is 0 Å². The third-order valence-corrected chi connectivity index (χ3v) is 3.34. The van der Waals surface area contributed by atoms with Crippen LogP contribution in [0.3, 0.4) is 0 Å². The van der Waals surface area contributed by atoms with Crippen molar-refractivity contribution in [2.45, 2.75) is 6.18 Å². The van der Waals surface area contributed by atoms with Gasteiger partial charge in [-0.2, -0.15) is 13.2 Å². The quantitative estimate of drug-likeness (QED) is 0.706. The van der Waals surface area contributed by atoms with Gasteiger partial charge >= 0.3 is 6.18 Å². The van der Waals surface area contributed by atoms with Crippen LogP contribution in [0.15, 0.2) is 59.0 Å². The lowest BCUT2D eigenvalue weighted by Gasteiger charge is -2.09. The van der Waals surface area contributed by atoms with Crippen molar-refractivity contribution in [1.82, 2.24) is 0 Å². The summed E-state index contributed by atoms with van der Waals surface area (Å²) in [5.41, 5.74) is 0.0536. The second kappa shape index (κ2) is 5.79. The van der Waals surface area contributed by atoms with Crippen LogP contribution >= 0.6 is 0 Å². The zero-order chi connectivity index (χ0) is 16.4. The summed E-state index contributed by atoms with van der Waals surface area (Å²) in [4.78, 5) is 12.1. The molecule has 3 rings (SSSR count). The highest BCUT2D eigenvalue weighted by molar-refractivity contribution is 5.99. The summed E-state index contributed by atoms with van der Waals surface area (Å²) in [6.45, 7) is -0.152. The molecule has 3 nitrogen and oxygen atoms in total. The van der Waals surface area contributed by atoms with Crippen molar-refractivity contribution in [2.75, 3.05) is 11.9 Å². The SMILES string of the molecule is O=C(CNc1cccc(C(F)(F)F)c1)c1cc2ccccc2o1. The highest BCUT2D eigenvalue weighted by Gasteiger charge is 2.30. The molecule has 0 radical (unpaired) electrons. The number of benzene rings is 2. The van der Waals surface area contributed by atoms with Crippen molar-refractivity contribution >= 4 is 22.4 Å². The number of halogens is 3. The van der Waals surface area contributed by atoms with Crippen LogP contribution in [0.4, 0.5) is 18.9 Å². The Morgan fingerprint density at radius 1 is 1.04 bits per heavy atom. The summed E-state index contributed by atoms with van der Waals surface area (Å²) < 4.78 is 43.3. The Bertz CT molecular complexity index is 819. The van der Waals surface area contributed by atoms with Crippen molar-refractivity contribution in [3.63, 3.8) is 0 Å². The average molecular weight is 319 g/mol. The van der Waals surface area contributed by atoms with Crippen LogP contribution in [0.1, 0.15) is 16.1 Å². The van der Waals surface area contributed by atoms with Crippen LogP contribution in [-0.2, 0) is 6.18 Å². The Morgan fingerprint density at radius 2 is 1.83 bits per heavy atom. The van der Waals surface area contributed by atoms with E-state index in [0.717, 1.165) is 17.5 Å². The Kier molecular flexibility index (Phi) is 3.82. The van der Waals surface area contributed by atoms with Crippen molar-refractivity contribution < 1.29 is 22.4 Å². The number of nitrogens with one attached hydrogen (secondary N) is 1. The van der Waals surface area contributed by atoms with Gasteiger partial charge in [-0.3, -0.25) is 4.79 Å². The number of carbonyl (C=O) groups is 1. The van der Waals surface area contributed by atoms with E-state index in [1.807, 2.05) is 12.1 Å². The molecule has 6 heteroatoms. The van der Waals surface area contributed by atoms with Gasteiger partial charge in [0.15, 0.2) is 5.76 Å². The lowest BCUT2D eigenvalue weighted by atomic mass is 10.2. The Morgan fingerprint density at radius 3 is 2.57 bits per heavy atom. The van der Waals surface area contributed by atoms with Gasteiger partial charge < -0.3 is 9.73 Å². The van der Waals surface area contributed by atoms with Crippen molar-refractivity contribution in [1.29, 1.82) is 0 Å². The third kappa shape index (κ3) is 3.36. The van der Waals surface area contributed by atoms with E-state index in [-0.39, 0.29) is 23.8 Å². The molecule has 0 saturated heterocycles. The van der Waals surface area contributed by atoms with E-state index >= 15 is 0 Å². The lowest BCUT2D eigenvalue weighted by Crippen LogP contribution is -2.14. The molecule has 0 fully saturated rings. The molecule has 0 aliphatic heterocycles. The van der Waals surface area contributed by atoms with Crippen molar-refractivity contribution in [3.8, 4) is 0 Å². The molecular weight excluding hydrogens is 307 g/mol. The first-order valence-electron chi connectivity index (χ1n) is 6.86. The smallest absolute Gasteiger partial charge is 0.416 e. The third-order valence-electron chi connectivity index (χ3n) is 3.34. The fraction of sp³-hybridized carbons (Fsp3) is 0.118. The van der Waals surface area contributed by atoms with E-state index < -0.39 is 11.7 Å². The number of fused-ring (bicyclic) bond motifs is 1. The Balaban J connectivity index is 1.71. The van der Waals surface area contributed by atoms with Gasteiger partial charge in [0, 0.05) is 11.1 Å². The number of ketones is 1. The molecule has 0 saturated carbocycles. The molecule has 3 aromatic rings. The van der Waals surface area contributed by atoms with Crippen LogP contribution in [0.5, 0.6) is 0 Å². The maximum absolute atomic E-state index is 12.6. The minimum Gasteiger partial charge on any atom is -0.453 e. The van der Waals surface area contributed by atoms with Gasteiger partial charge in [-0.25, -0.2) is 0 Å². The molecule has 1 aromatic heterocycles. The van der Waals surface area contributed by atoms with Gasteiger partial charge in [-0.1, -0.05) is 24.3 Å². The zero-order valence-corrected chi connectivity index (χ0v) is 11.9. The van der Waals surface area contributed by atoms with Gasteiger partial charge in [0.05, 0.1) is 12.1 Å². The second-order valence-corrected chi connectivity index (χ2v) is 5.00. The van der Waals surface area contributed by atoms with Crippen LogP contribution in [-0.4, -0.2) is 12.3 Å². The summed E-state index contributed by atoms with van der Waals surface area (Å²) >= 11 is 0. The molecule has 0 bridgehead atoms. The summed E-state index contributed by atoms with van der Waals surface area (Å²) in [7, 11) is 0. The van der Waals surface area contributed by atoms with Gasteiger partial charge in [-0.15, -0.1) is 0 Å². The molecule has 2 aromatic carbocycles. The van der Waals surface area contributed by atoms with Gasteiger partial charge in [-0.05, 0) is 30.3 Å². The molecule has 0 spiro atoms. The highest BCUT2D eigenvalue weighted by atomic mass is 19.4. The Hall–Kier alpha value is -2.76. The number of para-hydroxylation sites is 1. The maximum atomic E-state index is 12.6. The summed E-state index contributed by atoms with van der Waals surface area (Å²) in [6, 6.07) is 13.5. The van der Waals surface area contributed by atoms with E-state index in [0.29, 0.717) is 5.58 Å². The molecular formula is C17H12F3NO2. The molecule has 0 aliphatic carbocycles. The fourth-order valence-electron chi connectivity index (χ4n) is 2.19. The van der Waals surface area contributed by atoms with Crippen LogP contribution in [0, 0.1) is 0 Å². The fourth-order valence-corrected chi connectivity index (χ4v) is 2.19. The summed E-state index contributed by atoms with van der Waals surface area (Å²) in [6.07, 6.45) is -4.42. The number of carbonyl (C=O) groups excluding carboxylic acids is 1. The minimum absolute atomic E-state index is 0.152. The number of hydrogen-bond acceptors (Lipinski definition) is 3. The standard InChI is InChI=1S/C17H12F3NO2/c18-17(19,20)12-5-3-6-13(9-12)21-10-14(22)16-8-11-4-1-2-7-15(11)23-16/h1-9,21H,10H2. The predicted octanol–water partition coefficient (Wildman–Crippen LogP) is 4.75. The van der Waals surface area contributed by atoms with E-state index in [9.17, 15) is 18.0 Å². The Labute approximate surface area is 129 Å². The summed E-state index contributed by atoms with van der Waals surface area (Å²) in [5.74, 6) is -0.163. The first-order valence-corrected chi connectivity index (χ1v) is 6.86. The lowest BCUT2D eigenvalue weighted by molar-refractivity contribution is -0.137. The molecule has 0 unspecified atom stereocenters. The number of furan rings is 1. The molecule has 118 valence electrons. The largest absolute Gasteiger partial charge is 0.453 e. The predicted molar refractivity (Wildman–Crippen MR) is 80.5 cm³/mol. The number of rotatable bonds is 4. The first kappa shape index (κ1) is 15.1. The van der Waals surface area contributed by atoms with Crippen molar-refractivity contribution in [3.05, 3.63) is 65.9 Å². The second-order valence-electron chi connectivity index (χ2n) is 5.00. The molecule has 1 N–H and O–H groups in total.